The topological polar surface area (TPSA) is 58.9 Å². The van der Waals surface area contributed by atoms with E-state index in [9.17, 15) is 0 Å². The number of nitrogens with one attached hydrogen (secondary N) is 1. The third-order valence-electron chi connectivity index (χ3n) is 3.92. The van der Waals surface area contributed by atoms with E-state index in [2.05, 4.69) is 25.6 Å². The van der Waals surface area contributed by atoms with Crippen molar-refractivity contribution < 1.29 is 0 Å². The van der Waals surface area contributed by atoms with Crippen LogP contribution in [0.5, 0.6) is 0 Å². The summed E-state index contributed by atoms with van der Waals surface area (Å²) in [6.45, 7) is 3.30. The average Bonchev–Trinajstić information content (AvgIpc) is 2.94. The molecule has 2 atom stereocenters. The van der Waals surface area contributed by atoms with Crippen LogP contribution >= 0.6 is 0 Å². The lowest BCUT2D eigenvalue weighted by molar-refractivity contribution is 0.166. The zero-order valence-corrected chi connectivity index (χ0v) is 10.3. The number of hydrogen-bond acceptors (Lipinski definition) is 5. The summed E-state index contributed by atoms with van der Waals surface area (Å²) in [6, 6.07) is 1.44. The molecule has 0 spiro atoms. The predicted molar refractivity (Wildman–Crippen MR) is 63.3 cm³/mol. The van der Waals surface area contributed by atoms with Gasteiger partial charge in [-0.3, -0.25) is 0 Å². The fourth-order valence-corrected chi connectivity index (χ4v) is 3.04. The van der Waals surface area contributed by atoms with Crippen LogP contribution in [0, 0.1) is 0 Å². The van der Waals surface area contributed by atoms with Crippen molar-refractivity contribution in [1.82, 2.24) is 30.4 Å². The van der Waals surface area contributed by atoms with Crippen LogP contribution in [0.2, 0.25) is 0 Å². The Morgan fingerprint density at radius 3 is 3.12 bits per heavy atom. The van der Waals surface area contributed by atoms with Crippen LogP contribution < -0.4 is 5.32 Å². The lowest BCUT2D eigenvalue weighted by Gasteiger charge is -2.35. The van der Waals surface area contributed by atoms with Crippen molar-refractivity contribution in [2.45, 2.75) is 44.3 Å². The van der Waals surface area contributed by atoms with Gasteiger partial charge in [-0.2, -0.15) is 4.80 Å². The van der Waals surface area contributed by atoms with E-state index in [1.165, 1.54) is 43.6 Å². The first-order chi connectivity index (χ1) is 8.31. The third kappa shape index (κ3) is 2.47. The molecular weight excluding hydrogens is 216 g/mol. The molecule has 2 saturated heterocycles. The molecule has 0 aromatic carbocycles. The molecule has 0 aliphatic carbocycles. The summed E-state index contributed by atoms with van der Waals surface area (Å²) in [4.78, 5) is 4.15. The first-order valence-electron chi connectivity index (χ1n) is 6.51. The fraction of sp³-hybridized carbons (Fsp3) is 0.909. The Morgan fingerprint density at radius 1 is 1.35 bits per heavy atom. The monoisotopic (exact) mass is 236 g/mol. The highest BCUT2D eigenvalue weighted by molar-refractivity contribution is 4.90. The quantitative estimate of drug-likeness (QED) is 0.796. The van der Waals surface area contributed by atoms with Gasteiger partial charge in [0.15, 0.2) is 5.82 Å². The van der Waals surface area contributed by atoms with Crippen LogP contribution in [-0.2, 0) is 13.6 Å². The summed E-state index contributed by atoms with van der Waals surface area (Å²) < 4.78 is 0. The van der Waals surface area contributed by atoms with Gasteiger partial charge in [-0.15, -0.1) is 10.2 Å². The fourth-order valence-electron chi connectivity index (χ4n) is 3.04. The zero-order valence-electron chi connectivity index (χ0n) is 10.3. The van der Waals surface area contributed by atoms with E-state index >= 15 is 0 Å². The molecule has 0 amide bonds. The SMILES string of the molecule is Cn1nnc(CNC2CCN3CCCC3C2)n1. The molecule has 17 heavy (non-hydrogen) atoms. The van der Waals surface area contributed by atoms with E-state index in [4.69, 9.17) is 0 Å². The van der Waals surface area contributed by atoms with Gasteiger partial charge in [0.2, 0.25) is 0 Å². The van der Waals surface area contributed by atoms with E-state index < -0.39 is 0 Å². The molecule has 0 saturated carbocycles. The van der Waals surface area contributed by atoms with E-state index in [1.54, 1.807) is 7.05 Å². The van der Waals surface area contributed by atoms with Gasteiger partial charge in [0.25, 0.3) is 0 Å². The lowest BCUT2D eigenvalue weighted by atomic mass is 9.98. The van der Waals surface area contributed by atoms with Gasteiger partial charge in [-0.1, -0.05) is 0 Å². The third-order valence-corrected chi connectivity index (χ3v) is 3.92. The molecule has 2 unspecified atom stereocenters. The van der Waals surface area contributed by atoms with Crippen molar-refractivity contribution in [3.8, 4) is 0 Å². The molecule has 3 rings (SSSR count). The van der Waals surface area contributed by atoms with Crippen molar-refractivity contribution in [1.29, 1.82) is 0 Å². The minimum absolute atomic E-state index is 0.623. The highest BCUT2D eigenvalue weighted by Crippen LogP contribution is 2.26. The molecular formula is C11H20N6. The van der Waals surface area contributed by atoms with Gasteiger partial charge in [0.05, 0.1) is 13.6 Å². The van der Waals surface area contributed by atoms with Crippen LogP contribution in [0.25, 0.3) is 0 Å². The van der Waals surface area contributed by atoms with Gasteiger partial charge in [0, 0.05) is 12.1 Å². The minimum atomic E-state index is 0.623. The first kappa shape index (κ1) is 11.1. The van der Waals surface area contributed by atoms with Crippen LogP contribution in [0.15, 0.2) is 0 Å². The number of hydrogen-bond donors (Lipinski definition) is 1. The molecule has 0 radical (unpaired) electrons. The Morgan fingerprint density at radius 2 is 2.29 bits per heavy atom. The van der Waals surface area contributed by atoms with Crippen molar-refractivity contribution in [2.24, 2.45) is 7.05 Å². The van der Waals surface area contributed by atoms with Crippen molar-refractivity contribution in [3.05, 3.63) is 5.82 Å². The molecule has 3 heterocycles. The van der Waals surface area contributed by atoms with E-state index in [1.807, 2.05) is 0 Å². The first-order valence-corrected chi connectivity index (χ1v) is 6.51. The number of tetrazole rings is 1. The second-order valence-corrected chi connectivity index (χ2v) is 5.13. The van der Waals surface area contributed by atoms with Crippen LogP contribution in [-0.4, -0.2) is 50.3 Å². The highest BCUT2D eigenvalue weighted by atomic mass is 15.6. The van der Waals surface area contributed by atoms with Crippen LogP contribution in [0.3, 0.4) is 0 Å². The molecule has 2 aliphatic rings. The Balaban J connectivity index is 1.49. The second-order valence-electron chi connectivity index (χ2n) is 5.13. The van der Waals surface area contributed by atoms with E-state index in [-0.39, 0.29) is 0 Å². The molecule has 94 valence electrons. The normalized spacial score (nSPS) is 29.5. The maximum Gasteiger partial charge on any atom is 0.188 e. The number of rotatable bonds is 3. The molecule has 2 fully saturated rings. The van der Waals surface area contributed by atoms with Gasteiger partial charge < -0.3 is 10.2 Å². The Labute approximate surface area is 101 Å². The van der Waals surface area contributed by atoms with Crippen molar-refractivity contribution in [2.75, 3.05) is 13.1 Å². The summed E-state index contributed by atoms with van der Waals surface area (Å²) in [5.41, 5.74) is 0. The van der Waals surface area contributed by atoms with Crippen molar-refractivity contribution >= 4 is 0 Å². The van der Waals surface area contributed by atoms with E-state index in [0.717, 1.165) is 18.4 Å². The molecule has 6 nitrogen and oxygen atoms in total. The molecule has 1 aromatic rings. The summed E-state index contributed by atoms with van der Waals surface area (Å²) >= 11 is 0. The molecule has 0 bridgehead atoms. The maximum absolute atomic E-state index is 4.18. The molecule has 1 aromatic heterocycles. The van der Waals surface area contributed by atoms with Crippen LogP contribution in [0.4, 0.5) is 0 Å². The largest absolute Gasteiger partial charge is 0.307 e. The standard InChI is InChI=1S/C11H20N6/c1-16-14-11(13-15-16)8-12-9-4-6-17-5-2-3-10(17)7-9/h9-10,12H,2-8H2,1H3. The number of aryl methyl sites for hydroxylation is 1. The van der Waals surface area contributed by atoms with Crippen molar-refractivity contribution in [3.63, 3.8) is 0 Å². The average molecular weight is 236 g/mol. The van der Waals surface area contributed by atoms with Crippen LogP contribution in [0.1, 0.15) is 31.5 Å². The Hall–Kier alpha value is -1.01. The van der Waals surface area contributed by atoms with Gasteiger partial charge in [0.1, 0.15) is 0 Å². The van der Waals surface area contributed by atoms with Gasteiger partial charge >= 0.3 is 0 Å². The Kier molecular flexibility index (Phi) is 3.07. The highest BCUT2D eigenvalue weighted by Gasteiger charge is 2.31. The number of piperidine rings is 1. The number of fused-ring (bicyclic) bond motifs is 1. The smallest absolute Gasteiger partial charge is 0.188 e. The zero-order chi connectivity index (χ0) is 11.7. The van der Waals surface area contributed by atoms with E-state index in [0.29, 0.717) is 6.04 Å². The molecule has 2 aliphatic heterocycles. The second kappa shape index (κ2) is 4.70. The summed E-state index contributed by atoms with van der Waals surface area (Å²) in [5.74, 6) is 0.793. The molecule has 1 N–H and O–H groups in total. The number of nitrogens with zero attached hydrogens (tertiary/aromatic N) is 5. The predicted octanol–water partition coefficient (Wildman–Crippen LogP) is -0.0735. The number of aromatic nitrogens is 4. The molecule has 6 heteroatoms. The lowest BCUT2D eigenvalue weighted by Crippen LogP contribution is -2.45. The summed E-state index contributed by atoms with van der Waals surface area (Å²) in [5, 5.41) is 15.6. The minimum Gasteiger partial charge on any atom is -0.307 e. The summed E-state index contributed by atoms with van der Waals surface area (Å²) in [6.07, 6.45) is 5.28. The maximum atomic E-state index is 4.18. The summed E-state index contributed by atoms with van der Waals surface area (Å²) in [7, 11) is 1.80. The Bertz CT molecular complexity index is 376. The van der Waals surface area contributed by atoms with Gasteiger partial charge in [-0.25, -0.2) is 0 Å². The van der Waals surface area contributed by atoms with Gasteiger partial charge in [-0.05, 0) is 44.0 Å².